The monoisotopic (exact) mass is 405 g/mol. The fraction of sp³-hybridized carbons (Fsp3) is 0.130. The number of hydrogen-bond donors (Lipinski definition) is 1. The number of rotatable bonds is 5. The number of ketones is 1. The lowest BCUT2D eigenvalue weighted by Crippen LogP contribution is -2.31. The first-order chi connectivity index (χ1) is 14.0. The number of carbonyl (C=O) groups is 2. The van der Waals surface area contributed by atoms with E-state index in [0.717, 1.165) is 5.56 Å². The number of Topliss-reactive ketones (excluding diaryl/α,β-unsaturated/α-hetero) is 1. The maximum Gasteiger partial charge on any atom is 0.294 e. The van der Waals surface area contributed by atoms with Gasteiger partial charge in [0.2, 0.25) is 5.78 Å². The highest BCUT2D eigenvalue weighted by molar-refractivity contribution is 7.12. The highest BCUT2D eigenvalue weighted by Gasteiger charge is 2.44. The van der Waals surface area contributed by atoms with Gasteiger partial charge < -0.3 is 9.84 Å². The van der Waals surface area contributed by atoms with Crippen LogP contribution in [0.25, 0.3) is 0 Å². The summed E-state index contributed by atoms with van der Waals surface area (Å²) in [6, 6.07) is 17.3. The van der Waals surface area contributed by atoms with Crippen molar-refractivity contribution in [3.8, 4) is 5.75 Å². The molecule has 1 aromatic heterocycles. The number of anilines is 1. The Morgan fingerprint density at radius 2 is 1.86 bits per heavy atom. The first-order valence-corrected chi connectivity index (χ1v) is 9.94. The van der Waals surface area contributed by atoms with E-state index in [0.29, 0.717) is 21.9 Å². The van der Waals surface area contributed by atoms with Crippen LogP contribution in [0.4, 0.5) is 5.69 Å². The van der Waals surface area contributed by atoms with Gasteiger partial charge in [0.1, 0.15) is 5.75 Å². The van der Waals surface area contributed by atoms with Crippen LogP contribution in [0, 0.1) is 6.92 Å². The molecule has 29 heavy (non-hydrogen) atoms. The number of hydrogen-bond acceptors (Lipinski definition) is 5. The van der Waals surface area contributed by atoms with Crippen molar-refractivity contribution in [1.29, 1.82) is 0 Å². The summed E-state index contributed by atoms with van der Waals surface area (Å²) in [5, 5.41) is 12.5. The molecule has 1 amide bonds. The molecule has 1 atom stereocenters. The van der Waals surface area contributed by atoms with Gasteiger partial charge in [-0.3, -0.25) is 14.5 Å². The summed E-state index contributed by atoms with van der Waals surface area (Å²) in [7, 11) is 1.56. The van der Waals surface area contributed by atoms with Crippen LogP contribution in [0.15, 0.2) is 77.4 Å². The van der Waals surface area contributed by atoms with Gasteiger partial charge in [-0.1, -0.05) is 35.9 Å². The molecule has 2 heterocycles. The molecule has 1 unspecified atom stereocenters. The molecule has 0 radical (unpaired) electrons. The lowest BCUT2D eigenvalue weighted by molar-refractivity contribution is -0.117. The van der Waals surface area contributed by atoms with Crippen LogP contribution >= 0.6 is 11.3 Å². The zero-order valence-electron chi connectivity index (χ0n) is 16.0. The summed E-state index contributed by atoms with van der Waals surface area (Å²) in [6.45, 7) is 1.95. The molecule has 0 saturated carbocycles. The van der Waals surface area contributed by atoms with E-state index in [1.54, 1.807) is 42.8 Å². The SMILES string of the molecule is COc1cccc(C2C(C(=O)c3cccs3)=C(O)C(=O)N2c2ccc(C)cc2)c1. The van der Waals surface area contributed by atoms with E-state index in [-0.39, 0.29) is 11.4 Å². The van der Waals surface area contributed by atoms with Crippen molar-refractivity contribution in [2.75, 3.05) is 12.0 Å². The second kappa shape index (κ2) is 7.56. The largest absolute Gasteiger partial charge is 0.503 e. The summed E-state index contributed by atoms with van der Waals surface area (Å²) >= 11 is 1.28. The zero-order valence-corrected chi connectivity index (χ0v) is 16.8. The smallest absolute Gasteiger partial charge is 0.294 e. The highest BCUT2D eigenvalue weighted by Crippen LogP contribution is 2.42. The molecule has 1 N–H and O–H groups in total. The van der Waals surface area contributed by atoms with Crippen molar-refractivity contribution in [2.24, 2.45) is 0 Å². The maximum absolute atomic E-state index is 13.2. The van der Waals surface area contributed by atoms with E-state index in [4.69, 9.17) is 4.74 Å². The van der Waals surface area contributed by atoms with Gasteiger partial charge in [0.25, 0.3) is 5.91 Å². The van der Waals surface area contributed by atoms with Gasteiger partial charge in [0.15, 0.2) is 5.76 Å². The highest BCUT2D eigenvalue weighted by atomic mass is 32.1. The van der Waals surface area contributed by atoms with Crippen LogP contribution in [0.3, 0.4) is 0 Å². The third kappa shape index (κ3) is 3.32. The van der Waals surface area contributed by atoms with E-state index < -0.39 is 17.7 Å². The number of thiophene rings is 1. The molecule has 1 aliphatic rings. The van der Waals surface area contributed by atoms with Crippen molar-refractivity contribution < 1.29 is 19.4 Å². The molecular weight excluding hydrogens is 386 g/mol. The molecule has 1 aliphatic heterocycles. The Hall–Kier alpha value is -3.38. The molecule has 5 nitrogen and oxygen atoms in total. The van der Waals surface area contributed by atoms with Crippen molar-refractivity contribution in [2.45, 2.75) is 13.0 Å². The van der Waals surface area contributed by atoms with Gasteiger partial charge in [0.05, 0.1) is 23.6 Å². The van der Waals surface area contributed by atoms with Crippen molar-refractivity contribution in [1.82, 2.24) is 0 Å². The Bertz CT molecular complexity index is 1100. The molecule has 4 rings (SSSR count). The fourth-order valence-corrected chi connectivity index (χ4v) is 4.15. The third-order valence-electron chi connectivity index (χ3n) is 4.92. The average Bonchev–Trinajstić information content (AvgIpc) is 3.36. The van der Waals surface area contributed by atoms with Gasteiger partial charge in [-0.15, -0.1) is 11.3 Å². The van der Waals surface area contributed by atoms with E-state index in [2.05, 4.69) is 0 Å². The van der Waals surface area contributed by atoms with Crippen LogP contribution in [0.5, 0.6) is 5.75 Å². The second-order valence-electron chi connectivity index (χ2n) is 6.76. The number of aliphatic hydroxyl groups is 1. The third-order valence-corrected chi connectivity index (χ3v) is 5.79. The zero-order chi connectivity index (χ0) is 20.5. The summed E-state index contributed by atoms with van der Waals surface area (Å²) in [4.78, 5) is 28.2. The molecule has 0 fully saturated rings. The van der Waals surface area contributed by atoms with Gasteiger partial charge in [-0.25, -0.2) is 0 Å². The molecule has 0 aliphatic carbocycles. The molecular formula is C23H19NO4S. The van der Waals surface area contributed by atoms with Crippen LogP contribution in [-0.4, -0.2) is 23.9 Å². The normalized spacial score (nSPS) is 16.4. The number of nitrogens with zero attached hydrogens (tertiary/aromatic N) is 1. The topological polar surface area (TPSA) is 66.8 Å². The molecule has 3 aromatic rings. The van der Waals surface area contributed by atoms with Crippen molar-refractivity contribution in [3.05, 3.63) is 93.4 Å². The van der Waals surface area contributed by atoms with Crippen LogP contribution in [0.1, 0.15) is 26.8 Å². The predicted molar refractivity (Wildman–Crippen MR) is 113 cm³/mol. The van der Waals surface area contributed by atoms with Gasteiger partial charge >= 0.3 is 0 Å². The van der Waals surface area contributed by atoms with Gasteiger partial charge in [-0.05, 0) is 48.2 Å². The average molecular weight is 405 g/mol. The van der Waals surface area contributed by atoms with E-state index >= 15 is 0 Å². The number of amides is 1. The Labute approximate surface area is 172 Å². The standard InChI is InChI=1S/C23H19NO4S/c1-14-8-10-16(11-9-14)24-20(15-5-3-6-17(13-15)28-2)19(22(26)23(24)27)21(25)18-7-4-12-29-18/h3-13,20,26H,1-2H3. The lowest BCUT2D eigenvalue weighted by Gasteiger charge is -2.27. The predicted octanol–water partition coefficient (Wildman–Crippen LogP) is 4.85. The van der Waals surface area contributed by atoms with Crippen LogP contribution < -0.4 is 9.64 Å². The fourth-order valence-electron chi connectivity index (χ4n) is 3.48. The second-order valence-corrected chi connectivity index (χ2v) is 7.71. The minimum atomic E-state index is -0.755. The Morgan fingerprint density at radius 1 is 1.10 bits per heavy atom. The minimum Gasteiger partial charge on any atom is -0.503 e. The summed E-state index contributed by atoms with van der Waals surface area (Å²) < 4.78 is 5.33. The molecule has 146 valence electrons. The Kier molecular flexibility index (Phi) is 4.94. The molecule has 0 saturated heterocycles. The molecule has 0 spiro atoms. The van der Waals surface area contributed by atoms with E-state index in [9.17, 15) is 14.7 Å². The van der Waals surface area contributed by atoms with Crippen molar-refractivity contribution in [3.63, 3.8) is 0 Å². The van der Waals surface area contributed by atoms with E-state index in [1.807, 2.05) is 37.3 Å². The minimum absolute atomic E-state index is 0.0753. The first kappa shape index (κ1) is 19.0. The quantitative estimate of drug-likeness (QED) is 0.617. The van der Waals surface area contributed by atoms with Crippen molar-refractivity contribution >= 4 is 28.7 Å². The first-order valence-electron chi connectivity index (χ1n) is 9.06. The number of benzene rings is 2. The Balaban J connectivity index is 1.89. The lowest BCUT2D eigenvalue weighted by atomic mass is 9.95. The van der Waals surface area contributed by atoms with Gasteiger partial charge in [-0.2, -0.15) is 0 Å². The summed E-state index contributed by atoms with van der Waals surface area (Å²) in [5.74, 6) is -0.861. The molecule has 2 aromatic carbocycles. The summed E-state index contributed by atoms with van der Waals surface area (Å²) in [6.07, 6.45) is 0. The van der Waals surface area contributed by atoms with E-state index in [1.165, 1.54) is 16.2 Å². The Morgan fingerprint density at radius 3 is 2.52 bits per heavy atom. The van der Waals surface area contributed by atoms with Gasteiger partial charge in [0, 0.05) is 5.69 Å². The van der Waals surface area contributed by atoms with Crippen LogP contribution in [0.2, 0.25) is 0 Å². The molecule has 6 heteroatoms. The summed E-state index contributed by atoms with van der Waals surface area (Å²) in [5.41, 5.74) is 2.41. The molecule has 0 bridgehead atoms. The number of aliphatic hydroxyl groups excluding tert-OH is 1. The number of aryl methyl sites for hydroxylation is 1. The number of ether oxygens (including phenoxy) is 1. The number of methoxy groups -OCH3 is 1. The maximum atomic E-state index is 13.2. The van der Waals surface area contributed by atoms with Crippen LogP contribution in [-0.2, 0) is 4.79 Å². The number of carbonyl (C=O) groups excluding carboxylic acids is 2.